The highest BCUT2D eigenvalue weighted by Gasteiger charge is 2.65. The molecule has 2 amide bonds. The molecule has 4 saturated heterocycles. The monoisotopic (exact) mass is 897 g/mol. The Bertz CT molecular complexity index is 1700. The predicted molar refractivity (Wildman–Crippen MR) is 225 cm³/mol. The lowest BCUT2D eigenvalue weighted by Crippen LogP contribution is -2.67. The fourth-order valence-corrected chi connectivity index (χ4v) is 13.2. The molecule has 0 radical (unpaired) electrons. The topological polar surface area (TPSA) is 255 Å². The number of rotatable bonds is 11. The molecule has 2 saturated carbocycles. The van der Waals surface area contributed by atoms with Crippen LogP contribution >= 0.6 is 0 Å². The van der Waals surface area contributed by atoms with Crippen LogP contribution in [0.15, 0.2) is 11.6 Å². The molecule has 0 aromatic heterocycles. The molecule has 9 N–H and O–H groups in total. The summed E-state index contributed by atoms with van der Waals surface area (Å²) in [7, 11) is 0. The summed E-state index contributed by atoms with van der Waals surface area (Å²) in [6.07, 6.45) is -2.49. The first kappa shape index (κ1) is 49.1. The molecule has 0 aromatic rings. The largest absolute Gasteiger partial charge is 0.394 e. The van der Waals surface area contributed by atoms with Gasteiger partial charge in [-0.2, -0.15) is 0 Å². The van der Waals surface area contributed by atoms with Crippen molar-refractivity contribution in [2.45, 2.75) is 223 Å². The van der Waals surface area contributed by atoms with Gasteiger partial charge in [0.2, 0.25) is 11.8 Å². The van der Waals surface area contributed by atoms with E-state index in [-0.39, 0.29) is 34.4 Å². The van der Waals surface area contributed by atoms with Crippen LogP contribution < -0.4 is 10.6 Å². The third-order valence-corrected chi connectivity index (χ3v) is 16.6. The molecule has 0 spiro atoms. The lowest BCUT2D eigenvalue weighted by molar-refractivity contribution is -0.325. The van der Waals surface area contributed by atoms with Gasteiger partial charge in [-0.05, 0) is 108 Å². The molecule has 17 heteroatoms. The van der Waals surface area contributed by atoms with Gasteiger partial charge < -0.3 is 74.8 Å². The van der Waals surface area contributed by atoms with Crippen molar-refractivity contribution in [1.82, 2.24) is 10.6 Å². The van der Waals surface area contributed by atoms with Crippen LogP contribution in [-0.4, -0.2) is 164 Å². The normalized spacial score (nSPS) is 48.0. The quantitative estimate of drug-likeness (QED) is 0.132. The van der Waals surface area contributed by atoms with E-state index in [0.717, 1.165) is 38.5 Å². The van der Waals surface area contributed by atoms with Gasteiger partial charge in [-0.15, -0.1) is 0 Å². The molecule has 7 aliphatic rings. The number of fused-ring (bicyclic) bond motifs is 4. The number of aliphatic hydroxyl groups excluding tert-OH is 7. The van der Waals surface area contributed by atoms with E-state index < -0.39 is 116 Å². The second kappa shape index (κ2) is 18.0. The van der Waals surface area contributed by atoms with Crippen molar-refractivity contribution in [3.63, 3.8) is 0 Å². The van der Waals surface area contributed by atoms with Crippen LogP contribution in [0.25, 0.3) is 0 Å². The number of allylic oxidation sites excluding steroid dienone is 1. The third-order valence-electron chi connectivity index (χ3n) is 16.6. The van der Waals surface area contributed by atoms with E-state index in [1.165, 1.54) is 19.4 Å². The lowest BCUT2D eigenvalue weighted by Gasteiger charge is -2.61. The lowest BCUT2D eigenvalue weighted by atomic mass is 9.50. The third kappa shape index (κ3) is 9.03. The minimum Gasteiger partial charge on any atom is -0.394 e. The Balaban J connectivity index is 1.02. The number of ether oxygens (including phenoxy) is 6. The van der Waals surface area contributed by atoms with Crippen molar-refractivity contribution >= 4 is 11.8 Å². The smallest absolute Gasteiger partial charge is 0.217 e. The first-order valence-corrected chi connectivity index (χ1v) is 23.2. The molecular formula is C46H76N2O15. The predicted octanol–water partition coefficient (Wildman–Crippen LogP) is 1.09. The van der Waals surface area contributed by atoms with E-state index in [2.05, 4.69) is 37.5 Å². The number of nitrogens with one attached hydrogen (secondary N) is 2. The molecule has 0 bridgehead atoms. The van der Waals surface area contributed by atoms with Crippen molar-refractivity contribution in [3.05, 3.63) is 11.6 Å². The number of hydrogen-bond donors (Lipinski definition) is 9. The first-order chi connectivity index (χ1) is 29.4. The van der Waals surface area contributed by atoms with Crippen molar-refractivity contribution in [1.29, 1.82) is 0 Å². The van der Waals surface area contributed by atoms with E-state index in [1.807, 2.05) is 27.7 Å². The Morgan fingerprint density at radius 1 is 0.698 bits per heavy atom. The van der Waals surface area contributed by atoms with Crippen LogP contribution in [0.1, 0.15) is 120 Å². The van der Waals surface area contributed by atoms with E-state index >= 15 is 0 Å². The first-order valence-electron chi connectivity index (χ1n) is 23.2. The maximum Gasteiger partial charge on any atom is 0.217 e. The van der Waals surface area contributed by atoms with Gasteiger partial charge in [0, 0.05) is 19.3 Å². The fourth-order valence-electron chi connectivity index (χ4n) is 13.2. The van der Waals surface area contributed by atoms with Crippen molar-refractivity contribution in [2.24, 2.45) is 28.1 Å². The van der Waals surface area contributed by atoms with E-state index in [9.17, 15) is 45.3 Å². The molecule has 0 aromatic carbocycles. The molecule has 4 heterocycles. The molecule has 17 nitrogen and oxygen atoms in total. The Labute approximate surface area is 371 Å². The van der Waals surface area contributed by atoms with Gasteiger partial charge in [-0.1, -0.05) is 32.4 Å². The Hall–Kier alpha value is -1.84. The SMILES string of the molecule is CC(=O)NC1C(OC(C)(C)C2CCC3(C)C=C(C4CCC5C4(C)CC(O)C4OC(C(C)(C)OC6OC(CO)C(O)C(O)C6NC(C)=O)CCC45C)CCC3O2)OC(CO)C(O)C1O. The van der Waals surface area contributed by atoms with Gasteiger partial charge in [-0.3, -0.25) is 9.59 Å². The van der Waals surface area contributed by atoms with Gasteiger partial charge in [0.15, 0.2) is 12.6 Å². The van der Waals surface area contributed by atoms with Gasteiger partial charge >= 0.3 is 0 Å². The van der Waals surface area contributed by atoms with Gasteiger partial charge in [0.25, 0.3) is 0 Å². The maximum atomic E-state index is 12.1. The minimum atomic E-state index is -1.44. The van der Waals surface area contributed by atoms with Crippen LogP contribution in [-0.2, 0) is 38.0 Å². The van der Waals surface area contributed by atoms with Crippen LogP contribution in [0.3, 0.4) is 0 Å². The molecule has 20 atom stereocenters. The number of hydrogen-bond acceptors (Lipinski definition) is 15. The Morgan fingerprint density at radius 3 is 1.71 bits per heavy atom. The number of amides is 2. The fraction of sp³-hybridized carbons (Fsp3) is 0.913. The van der Waals surface area contributed by atoms with Crippen LogP contribution in [0.5, 0.6) is 0 Å². The standard InChI is InChI=1S/C46H76N2O15/c1-22(51)47-33-37(56)35(54)27(20-49)58-40(33)62-42(3,4)30-14-16-44(7)18-24(10-13-32(44)60-30)25-11-12-29-45(8)17-15-31(61-39(45)26(53)19-46(25,29)9)43(5,6)63-41-34(48-23(2)52)38(57)36(55)28(21-50)59-41/h18,25-41,49-50,53-57H,10-17,19-21H2,1-9H3,(H,47,51)(H,48,52). The van der Waals surface area contributed by atoms with Crippen molar-refractivity contribution in [3.8, 4) is 0 Å². The molecule has 20 unspecified atom stereocenters. The molecule has 63 heavy (non-hydrogen) atoms. The van der Waals surface area contributed by atoms with Gasteiger partial charge in [-0.25, -0.2) is 0 Å². The second-order valence-corrected chi connectivity index (χ2v) is 21.8. The summed E-state index contributed by atoms with van der Waals surface area (Å²) in [6, 6.07) is -2.14. The summed E-state index contributed by atoms with van der Waals surface area (Å²) in [5, 5.41) is 79.9. The molecule has 4 aliphatic heterocycles. The summed E-state index contributed by atoms with van der Waals surface area (Å²) >= 11 is 0. The summed E-state index contributed by atoms with van der Waals surface area (Å²) in [5.41, 5.74) is -1.18. The highest BCUT2D eigenvalue weighted by molar-refractivity contribution is 5.73. The van der Waals surface area contributed by atoms with Crippen LogP contribution in [0.4, 0.5) is 0 Å². The van der Waals surface area contributed by atoms with Gasteiger partial charge in [0.05, 0.1) is 54.9 Å². The van der Waals surface area contributed by atoms with E-state index in [4.69, 9.17) is 28.4 Å². The summed E-state index contributed by atoms with van der Waals surface area (Å²) < 4.78 is 38.6. The zero-order valence-corrected chi connectivity index (χ0v) is 38.6. The van der Waals surface area contributed by atoms with E-state index in [1.54, 1.807) is 0 Å². The number of carbonyl (C=O) groups excluding carboxylic acids is 2. The van der Waals surface area contributed by atoms with Crippen molar-refractivity contribution < 1.29 is 73.8 Å². The summed E-state index contributed by atoms with van der Waals surface area (Å²) in [6.45, 7) is 15.9. The molecule has 360 valence electrons. The molecule has 7 rings (SSSR count). The van der Waals surface area contributed by atoms with Crippen LogP contribution in [0.2, 0.25) is 0 Å². The zero-order chi connectivity index (χ0) is 46.2. The second-order valence-electron chi connectivity index (χ2n) is 21.8. The maximum absolute atomic E-state index is 12.1. The molecule has 3 aliphatic carbocycles. The van der Waals surface area contributed by atoms with Crippen LogP contribution in [0, 0.1) is 28.1 Å². The summed E-state index contributed by atoms with van der Waals surface area (Å²) in [4.78, 5) is 24.1. The minimum absolute atomic E-state index is 0.0765. The van der Waals surface area contributed by atoms with Crippen molar-refractivity contribution in [2.75, 3.05) is 13.2 Å². The highest BCUT2D eigenvalue weighted by atomic mass is 16.7. The molecular weight excluding hydrogens is 821 g/mol. The Kier molecular flexibility index (Phi) is 14.0. The van der Waals surface area contributed by atoms with E-state index in [0.29, 0.717) is 25.2 Å². The highest BCUT2D eigenvalue weighted by Crippen LogP contribution is 2.67. The average molecular weight is 897 g/mol. The number of aliphatic hydroxyl groups is 7. The average Bonchev–Trinajstić information content (AvgIpc) is 3.56. The molecule has 6 fully saturated rings. The zero-order valence-electron chi connectivity index (χ0n) is 38.6. The number of carbonyl (C=O) groups is 2. The Morgan fingerprint density at radius 2 is 1.21 bits per heavy atom. The summed E-state index contributed by atoms with van der Waals surface area (Å²) in [5.74, 6) is -0.271. The van der Waals surface area contributed by atoms with Gasteiger partial charge in [0.1, 0.15) is 48.7 Å².